The minimum absolute atomic E-state index is 0.0263. The van der Waals surface area contributed by atoms with Crippen molar-refractivity contribution in [3.63, 3.8) is 0 Å². The summed E-state index contributed by atoms with van der Waals surface area (Å²) in [5.41, 5.74) is 0. The molecule has 114 valence electrons. The number of hydrogen-bond acceptors (Lipinski definition) is 5. The Morgan fingerprint density at radius 1 is 1.25 bits per heavy atom. The van der Waals surface area contributed by atoms with Gasteiger partial charge in [-0.25, -0.2) is 9.59 Å². The molecule has 0 aliphatic carbocycles. The molecule has 1 aliphatic rings. The third kappa shape index (κ3) is 5.87. The Kier molecular flexibility index (Phi) is 6.78. The number of rotatable bonds is 6. The van der Waals surface area contributed by atoms with E-state index < -0.39 is 12.6 Å². The van der Waals surface area contributed by atoms with Crippen LogP contribution in [-0.2, 0) is 19.1 Å². The third-order valence-electron chi connectivity index (χ3n) is 2.84. The first-order chi connectivity index (χ1) is 9.52. The standard InChI is InChI=1S/C12H20N2O6/c1-2-20-12(18)14-5-3-9(4-6-14)13-10(15)7-19-8-11(16)17/h9H,2-8H2,1H3,(H,13,15)(H,16,17). The quantitative estimate of drug-likeness (QED) is 0.702. The molecule has 2 N–H and O–H groups in total. The first-order valence-corrected chi connectivity index (χ1v) is 6.53. The molecule has 1 saturated heterocycles. The van der Waals surface area contributed by atoms with Gasteiger partial charge >= 0.3 is 12.1 Å². The number of nitrogens with one attached hydrogen (secondary N) is 1. The Hall–Kier alpha value is -1.83. The van der Waals surface area contributed by atoms with E-state index in [1.807, 2.05) is 0 Å². The fourth-order valence-electron chi connectivity index (χ4n) is 1.92. The van der Waals surface area contributed by atoms with Crippen LogP contribution in [0.4, 0.5) is 4.79 Å². The summed E-state index contributed by atoms with van der Waals surface area (Å²) in [4.78, 5) is 34.8. The van der Waals surface area contributed by atoms with E-state index in [0.717, 1.165) is 0 Å². The molecule has 0 aromatic rings. The zero-order valence-electron chi connectivity index (χ0n) is 11.5. The van der Waals surface area contributed by atoms with Gasteiger partial charge in [-0.05, 0) is 19.8 Å². The van der Waals surface area contributed by atoms with E-state index in [1.165, 1.54) is 0 Å². The predicted octanol–water partition coefficient (Wildman–Crippen LogP) is -0.175. The Balaban J connectivity index is 2.20. The van der Waals surface area contributed by atoms with Gasteiger partial charge in [0.15, 0.2) is 0 Å². The van der Waals surface area contributed by atoms with E-state index >= 15 is 0 Å². The lowest BCUT2D eigenvalue weighted by Crippen LogP contribution is -2.47. The van der Waals surface area contributed by atoms with Crippen LogP contribution in [0.5, 0.6) is 0 Å². The minimum atomic E-state index is -1.11. The van der Waals surface area contributed by atoms with Gasteiger partial charge in [0.25, 0.3) is 0 Å². The zero-order chi connectivity index (χ0) is 15.0. The molecule has 8 heteroatoms. The fraction of sp³-hybridized carbons (Fsp3) is 0.750. The number of likely N-dealkylation sites (tertiary alicyclic amines) is 1. The molecule has 0 saturated carbocycles. The highest BCUT2D eigenvalue weighted by Gasteiger charge is 2.24. The number of carbonyl (C=O) groups excluding carboxylic acids is 2. The van der Waals surface area contributed by atoms with Crippen LogP contribution in [0.25, 0.3) is 0 Å². The Morgan fingerprint density at radius 2 is 1.90 bits per heavy atom. The Bertz CT molecular complexity index is 352. The van der Waals surface area contributed by atoms with Gasteiger partial charge in [-0.1, -0.05) is 0 Å². The number of amides is 2. The molecule has 20 heavy (non-hydrogen) atoms. The van der Waals surface area contributed by atoms with Crippen molar-refractivity contribution in [2.75, 3.05) is 32.9 Å². The number of piperidine rings is 1. The van der Waals surface area contributed by atoms with Crippen LogP contribution >= 0.6 is 0 Å². The molecule has 8 nitrogen and oxygen atoms in total. The Labute approximate surface area is 117 Å². The highest BCUT2D eigenvalue weighted by Crippen LogP contribution is 2.11. The van der Waals surface area contributed by atoms with E-state index in [4.69, 9.17) is 14.6 Å². The first kappa shape index (κ1) is 16.2. The number of hydrogen-bond donors (Lipinski definition) is 2. The number of ether oxygens (including phenoxy) is 2. The molecule has 1 fully saturated rings. The normalized spacial score (nSPS) is 15.8. The molecule has 0 spiro atoms. The summed E-state index contributed by atoms with van der Waals surface area (Å²) in [6, 6.07) is -0.0263. The molecule has 0 unspecified atom stereocenters. The first-order valence-electron chi connectivity index (χ1n) is 6.53. The lowest BCUT2D eigenvalue weighted by atomic mass is 10.1. The molecule has 0 atom stereocenters. The third-order valence-corrected chi connectivity index (χ3v) is 2.84. The highest BCUT2D eigenvalue weighted by atomic mass is 16.6. The van der Waals surface area contributed by atoms with Crippen molar-refractivity contribution in [1.82, 2.24) is 10.2 Å². The second kappa shape index (κ2) is 8.36. The largest absolute Gasteiger partial charge is 0.480 e. The number of nitrogens with zero attached hydrogens (tertiary/aromatic N) is 1. The molecule has 1 aliphatic heterocycles. The predicted molar refractivity (Wildman–Crippen MR) is 68.2 cm³/mol. The number of carboxylic acid groups (broad SMARTS) is 1. The smallest absolute Gasteiger partial charge is 0.409 e. The van der Waals surface area contributed by atoms with Gasteiger partial charge in [0.2, 0.25) is 5.91 Å². The van der Waals surface area contributed by atoms with Gasteiger partial charge < -0.3 is 24.8 Å². The van der Waals surface area contributed by atoms with Crippen molar-refractivity contribution in [1.29, 1.82) is 0 Å². The van der Waals surface area contributed by atoms with E-state index in [-0.39, 0.29) is 24.6 Å². The summed E-state index contributed by atoms with van der Waals surface area (Å²) in [5.74, 6) is -1.46. The van der Waals surface area contributed by atoms with Gasteiger partial charge in [0, 0.05) is 19.1 Å². The van der Waals surface area contributed by atoms with Crippen LogP contribution in [-0.4, -0.2) is 66.9 Å². The average molecular weight is 288 g/mol. The average Bonchev–Trinajstić information content (AvgIpc) is 2.39. The summed E-state index contributed by atoms with van der Waals surface area (Å²) < 4.78 is 9.59. The summed E-state index contributed by atoms with van der Waals surface area (Å²) in [6.07, 6.45) is 0.953. The summed E-state index contributed by atoms with van der Waals surface area (Å²) in [7, 11) is 0. The molecule has 0 bridgehead atoms. The maximum atomic E-state index is 11.5. The fourth-order valence-corrected chi connectivity index (χ4v) is 1.92. The molecule has 0 aromatic heterocycles. The summed E-state index contributed by atoms with van der Waals surface area (Å²) >= 11 is 0. The number of carboxylic acids is 1. The lowest BCUT2D eigenvalue weighted by molar-refractivity contribution is -0.143. The van der Waals surface area contributed by atoms with Crippen molar-refractivity contribution in [3.05, 3.63) is 0 Å². The molecular formula is C12H20N2O6. The van der Waals surface area contributed by atoms with E-state index in [9.17, 15) is 14.4 Å². The van der Waals surface area contributed by atoms with Crippen LogP contribution in [0.1, 0.15) is 19.8 Å². The maximum absolute atomic E-state index is 11.5. The monoisotopic (exact) mass is 288 g/mol. The molecular weight excluding hydrogens is 268 g/mol. The number of carbonyl (C=O) groups is 3. The van der Waals surface area contributed by atoms with Gasteiger partial charge in [-0.3, -0.25) is 4.79 Å². The highest BCUT2D eigenvalue weighted by molar-refractivity contribution is 5.78. The zero-order valence-corrected chi connectivity index (χ0v) is 11.5. The van der Waals surface area contributed by atoms with Crippen LogP contribution in [0, 0.1) is 0 Å². The van der Waals surface area contributed by atoms with Crippen molar-refractivity contribution >= 4 is 18.0 Å². The summed E-state index contributed by atoms with van der Waals surface area (Å²) in [6.45, 7) is 2.39. The van der Waals surface area contributed by atoms with Gasteiger partial charge in [-0.2, -0.15) is 0 Å². The maximum Gasteiger partial charge on any atom is 0.409 e. The molecule has 1 heterocycles. The van der Waals surface area contributed by atoms with Crippen LogP contribution in [0.2, 0.25) is 0 Å². The summed E-state index contributed by atoms with van der Waals surface area (Å²) in [5, 5.41) is 11.1. The topological polar surface area (TPSA) is 105 Å². The second-order valence-electron chi connectivity index (χ2n) is 4.41. The van der Waals surface area contributed by atoms with Crippen LogP contribution < -0.4 is 5.32 Å². The van der Waals surface area contributed by atoms with Crippen LogP contribution in [0.3, 0.4) is 0 Å². The molecule has 0 radical (unpaired) electrons. The molecule has 1 rings (SSSR count). The van der Waals surface area contributed by atoms with Gasteiger partial charge in [-0.15, -0.1) is 0 Å². The van der Waals surface area contributed by atoms with Crippen molar-refractivity contribution in [3.8, 4) is 0 Å². The second-order valence-corrected chi connectivity index (χ2v) is 4.41. The van der Waals surface area contributed by atoms with E-state index in [0.29, 0.717) is 32.5 Å². The van der Waals surface area contributed by atoms with Crippen molar-refractivity contribution in [2.45, 2.75) is 25.8 Å². The number of aliphatic carboxylic acids is 1. The van der Waals surface area contributed by atoms with Crippen molar-refractivity contribution in [2.24, 2.45) is 0 Å². The SMILES string of the molecule is CCOC(=O)N1CCC(NC(=O)COCC(=O)O)CC1. The Morgan fingerprint density at radius 3 is 2.45 bits per heavy atom. The van der Waals surface area contributed by atoms with Gasteiger partial charge in [0.05, 0.1) is 6.61 Å². The van der Waals surface area contributed by atoms with Crippen LogP contribution in [0.15, 0.2) is 0 Å². The van der Waals surface area contributed by atoms with E-state index in [2.05, 4.69) is 5.32 Å². The van der Waals surface area contributed by atoms with Crippen molar-refractivity contribution < 1.29 is 29.0 Å². The minimum Gasteiger partial charge on any atom is -0.480 e. The van der Waals surface area contributed by atoms with Gasteiger partial charge in [0.1, 0.15) is 13.2 Å². The lowest BCUT2D eigenvalue weighted by Gasteiger charge is -2.31. The molecule has 0 aromatic carbocycles. The van der Waals surface area contributed by atoms with E-state index in [1.54, 1.807) is 11.8 Å². The molecule has 2 amide bonds.